The van der Waals surface area contributed by atoms with Crippen molar-refractivity contribution in [1.29, 1.82) is 0 Å². The molecule has 9 heavy (non-hydrogen) atoms. The number of rotatable bonds is 4. The minimum absolute atomic E-state index is 0.192. The Balaban J connectivity index is 2.91. The Morgan fingerprint density at radius 3 is 2.89 bits per heavy atom. The number of aldehydes is 1. The van der Waals surface area contributed by atoms with Gasteiger partial charge in [0, 0.05) is 0 Å². The second-order valence-corrected chi connectivity index (χ2v) is 7.11. The molecule has 0 aliphatic heterocycles. The maximum absolute atomic E-state index is 10.2. The molecule has 3 nitrogen and oxygen atoms in total. The SMILES string of the molecule is CC(=O)[O][Hg][CH2]CC=O. The van der Waals surface area contributed by atoms with Gasteiger partial charge in [-0.05, 0) is 0 Å². The molecule has 0 aromatic rings. The molecule has 0 amide bonds. The van der Waals surface area contributed by atoms with Gasteiger partial charge in [0.1, 0.15) is 0 Å². The number of hydrogen-bond acceptors (Lipinski definition) is 3. The van der Waals surface area contributed by atoms with E-state index in [-0.39, 0.29) is 5.97 Å². The van der Waals surface area contributed by atoms with Gasteiger partial charge in [0.05, 0.1) is 0 Å². The fourth-order valence-corrected chi connectivity index (χ4v) is 3.36. The van der Waals surface area contributed by atoms with Crippen LogP contribution in [-0.4, -0.2) is 12.3 Å². The van der Waals surface area contributed by atoms with E-state index in [4.69, 9.17) is 2.64 Å². The van der Waals surface area contributed by atoms with Crippen LogP contribution in [0.4, 0.5) is 0 Å². The fourth-order valence-electron chi connectivity index (χ4n) is 0.383. The number of carbonyl (C=O) groups excluding carboxylic acids is 2. The van der Waals surface area contributed by atoms with Gasteiger partial charge in [-0.1, -0.05) is 0 Å². The maximum atomic E-state index is 10.2. The zero-order valence-electron chi connectivity index (χ0n) is 5.42. The Morgan fingerprint density at radius 2 is 2.44 bits per heavy atom. The van der Waals surface area contributed by atoms with Crippen LogP contribution in [0.5, 0.6) is 0 Å². The van der Waals surface area contributed by atoms with Crippen LogP contribution in [0.2, 0.25) is 3.93 Å². The molecule has 0 atom stereocenters. The molecule has 0 heterocycles. The van der Waals surface area contributed by atoms with Crippen molar-refractivity contribution in [3.63, 3.8) is 0 Å². The first kappa shape index (κ1) is 9.08. The number of carbonyl (C=O) groups is 2. The summed E-state index contributed by atoms with van der Waals surface area (Å²) in [6.07, 6.45) is 1.43. The van der Waals surface area contributed by atoms with Crippen molar-refractivity contribution in [2.45, 2.75) is 17.3 Å². The van der Waals surface area contributed by atoms with Crippen LogP contribution in [0.25, 0.3) is 0 Å². The average Bonchev–Trinajstić information content (AvgIpc) is 1.80. The van der Waals surface area contributed by atoms with E-state index < -0.39 is 25.0 Å². The van der Waals surface area contributed by atoms with Crippen LogP contribution < -0.4 is 0 Å². The van der Waals surface area contributed by atoms with Gasteiger partial charge >= 0.3 is 66.8 Å². The van der Waals surface area contributed by atoms with E-state index in [0.29, 0.717) is 6.42 Å². The second-order valence-electron chi connectivity index (χ2n) is 1.65. The van der Waals surface area contributed by atoms with Gasteiger partial charge in [-0.25, -0.2) is 0 Å². The summed E-state index contributed by atoms with van der Waals surface area (Å²) in [5.41, 5.74) is 0. The molecule has 4 heteroatoms. The Hall–Kier alpha value is 0.0751. The summed E-state index contributed by atoms with van der Waals surface area (Å²) < 4.78 is 5.62. The van der Waals surface area contributed by atoms with Gasteiger partial charge in [-0.3, -0.25) is 0 Å². The molecule has 0 bridgehead atoms. The van der Waals surface area contributed by atoms with Gasteiger partial charge in [0.15, 0.2) is 0 Å². The van der Waals surface area contributed by atoms with Crippen molar-refractivity contribution in [1.82, 2.24) is 0 Å². The molecule has 0 aliphatic carbocycles. The summed E-state index contributed by atoms with van der Waals surface area (Å²) >= 11 is -1.38. The summed E-state index contributed by atoms with van der Waals surface area (Å²) in [5, 5.41) is 0. The fraction of sp³-hybridized carbons (Fsp3) is 0.600. The monoisotopic (exact) mass is 318 g/mol. The van der Waals surface area contributed by atoms with Crippen LogP contribution in [0.1, 0.15) is 13.3 Å². The summed E-state index contributed by atoms with van der Waals surface area (Å²) in [5.74, 6) is -0.192. The second kappa shape index (κ2) is 6.20. The molecule has 0 aromatic carbocycles. The van der Waals surface area contributed by atoms with Gasteiger partial charge in [0.25, 0.3) is 0 Å². The summed E-state index contributed by atoms with van der Waals surface area (Å²) in [4.78, 5) is 19.9. The van der Waals surface area contributed by atoms with Crippen LogP contribution in [0.15, 0.2) is 0 Å². The molecule has 0 aliphatic rings. The third kappa shape index (κ3) is 8.08. The Bertz CT molecular complexity index is 102. The van der Waals surface area contributed by atoms with Crippen LogP contribution >= 0.6 is 0 Å². The Kier molecular flexibility index (Phi) is 6.25. The van der Waals surface area contributed by atoms with Crippen molar-refractivity contribution in [2.75, 3.05) is 0 Å². The van der Waals surface area contributed by atoms with E-state index in [1.54, 1.807) is 0 Å². The zero-order valence-corrected chi connectivity index (χ0v) is 10.9. The van der Waals surface area contributed by atoms with Crippen molar-refractivity contribution in [3.05, 3.63) is 0 Å². The van der Waals surface area contributed by atoms with Gasteiger partial charge in [0.2, 0.25) is 0 Å². The molecule has 0 saturated heterocycles. The van der Waals surface area contributed by atoms with E-state index in [0.717, 1.165) is 10.2 Å². The van der Waals surface area contributed by atoms with Crippen molar-refractivity contribution in [3.8, 4) is 0 Å². The first-order valence-electron chi connectivity index (χ1n) is 2.84. The molecule has 0 spiro atoms. The normalized spacial score (nSPS) is 7.67. The third-order valence-electron chi connectivity index (χ3n) is 0.772. The number of hydrogen-bond donors (Lipinski definition) is 0. The topological polar surface area (TPSA) is 43.4 Å². The molecule has 0 radical (unpaired) electrons. The zero-order chi connectivity index (χ0) is 7.11. The van der Waals surface area contributed by atoms with Crippen molar-refractivity contribution >= 4 is 12.3 Å². The van der Waals surface area contributed by atoms with Crippen LogP contribution in [0, 0.1) is 0 Å². The van der Waals surface area contributed by atoms with E-state index in [1.165, 1.54) is 6.92 Å². The van der Waals surface area contributed by atoms with Gasteiger partial charge in [-0.15, -0.1) is 0 Å². The Labute approximate surface area is 66.9 Å². The van der Waals surface area contributed by atoms with E-state index in [1.807, 2.05) is 0 Å². The van der Waals surface area contributed by atoms with E-state index in [9.17, 15) is 9.59 Å². The molecule has 0 unspecified atom stereocenters. The standard InChI is InChI=1S/C3H5O.C2H4O2.Hg/c1-2-3-4;1-2(3)4;/h3H,1-2H2;1H3,(H,3,4);/q;;+1/p-1. The first-order chi connectivity index (χ1) is 4.27. The quantitative estimate of drug-likeness (QED) is 0.432. The molecular weight excluding hydrogens is 309 g/mol. The summed E-state index contributed by atoms with van der Waals surface area (Å²) in [7, 11) is 0. The van der Waals surface area contributed by atoms with E-state index >= 15 is 0 Å². The van der Waals surface area contributed by atoms with Crippen molar-refractivity contribution < 1.29 is 37.3 Å². The van der Waals surface area contributed by atoms with Crippen LogP contribution in [0.3, 0.4) is 0 Å². The molecule has 0 fully saturated rings. The molecular formula is C5H8HgO3. The molecule has 0 N–H and O–H groups in total. The minimum atomic E-state index is -1.38. The molecule has 48 valence electrons. The molecule has 0 rings (SSSR count). The predicted molar refractivity (Wildman–Crippen MR) is 27.3 cm³/mol. The van der Waals surface area contributed by atoms with E-state index in [2.05, 4.69) is 0 Å². The average molecular weight is 317 g/mol. The van der Waals surface area contributed by atoms with Gasteiger partial charge < -0.3 is 0 Å². The molecule has 0 saturated carbocycles. The third-order valence-corrected chi connectivity index (χ3v) is 5.85. The molecule has 0 aromatic heterocycles. The van der Waals surface area contributed by atoms with Crippen molar-refractivity contribution in [2.24, 2.45) is 0 Å². The predicted octanol–water partition coefficient (Wildman–Crippen LogP) is 0.554. The summed E-state index contributed by atoms with van der Waals surface area (Å²) in [6.45, 7) is 1.40. The van der Waals surface area contributed by atoms with Gasteiger partial charge in [-0.2, -0.15) is 0 Å². The Morgan fingerprint density at radius 1 is 1.78 bits per heavy atom. The summed E-state index contributed by atoms with van der Waals surface area (Å²) in [6, 6.07) is 0. The van der Waals surface area contributed by atoms with Crippen LogP contribution in [-0.2, 0) is 37.3 Å². The first-order valence-corrected chi connectivity index (χ1v) is 8.97.